The monoisotopic (exact) mass is 277 g/mol. The molecule has 0 saturated heterocycles. The molecular weight excluding hydrogens is 269 g/mol. The van der Waals surface area contributed by atoms with Crippen LogP contribution in [-0.2, 0) is 9.53 Å². The first-order chi connectivity index (χ1) is 6.65. The van der Waals surface area contributed by atoms with Gasteiger partial charge in [-0.3, -0.25) is 4.79 Å². The lowest BCUT2D eigenvalue weighted by Gasteiger charge is -2.08. The summed E-state index contributed by atoms with van der Waals surface area (Å²) in [5.41, 5.74) is 0.729. The number of aromatic nitrogens is 1. The van der Waals surface area contributed by atoms with E-state index in [1.165, 1.54) is 0 Å². The first kappa shape index (κ1) is 11.5. The van der Waals surface area contributed by atoms with Gasteiger partial charge in [-0.25, -0.2) is 4.98 Å². The largest absolute Gasteiger partial charge is 0.465 e. The first-order valence-electron chi connectivity index (χ1n) is 4.07. The predicted octanol–water partition coefficient (Wildman–Crippen LogP) is 2.73. The van der Waals surface area contributed by atoms with Crippen LogP contribution in [0, 0.1) is 0 Å². The first-order valence-corrected chi connectivity index (χ1v) is 5.36. The van der Waals surface area contributed by atoms with E-state index < -0.39 is 4.83 Å². The predicted molar refractivity (Wildman–Crippen MR) is 57.5 cm³/mol. The van der Waals surface area contributed by atoms with Crippen molar-refractivity contribution in [3.8, 4) is 0 Å². The minimum absolute atomic E-state index is 0.323. The molecule has 1 aromatic heterocycles. The van der Waals surface area contributed by atoms with E-state index in [9.17, 15) is 4.79 Å². The molecule has 0 aromatic carbocycles. The minimum atomic E-state index is -0.479. The topological polar surface area (TPSA) is 39.2 Å². The zero-order valence-electron chi connectivity index (χ0n) is 7.54. The Morgan fingerprint density at radius 2 is 2.43 bits per heavy atom. The summed E-state index contributed by atoms with van der Waals surface area (Å²) in [6.45, 7) is 2.12. The number of carbonyl (C=O) groups is 1. The van der Waals surface area contributed by atoms with E-state index in [0.717, 1.165) is 5.56 Å². The fourth-order valence-corrected chi connectivity index (χ4v) is 1.40. The summed E-state index contributed by atoms with van der Waals surface area (Å²) < 4.78 is 4.84. The number of carbonyl (C=O) groups excluding carboxylic acids is 1. The van der Waals surface area contributed by atoms with Gasteiger partial charge in [0.25, 0.3) is 0 Å². The van der Waals surface area contributed by atoms with E-state index in [0.29, 0.717) is 11.8 Å². The summed E-state index contributed by atoms with van der Waals surface area (Å²) in [7, 11) is 0. The summed E-state index contributed by atoms with van der Waals surface area (Å²) in [6.07, 6.45) is 1.54. The molecule has 0 fully saturated rings. The second kappa shape index (κ2) is 5.32. The molecule has 1 unspecified atom stereocenters. The number of alkyl halides is 1. The van der Waals surface area contributed by atoms with Crippen LogP contribution in [0.4, 0.5) is 0 Å². The minimum Gasteiger partial charge on any atom is -0.465 e. The molecule has 0 N–H and O–H groups in total. The average molecular weight is 279 g/mol. The standard InChI is InChI=1S/C9H9BrClNO2/c1-2-14-9(13)8(10)6-3-4-7(11)12-5-6/h3-5,8H,2H2,1H3. The maximum atomic E-state index is 11.3. The van der Waals surface area contributed by atoms with Gasteiger partial charge in [-0.2, -0.15) is 0 Å². The molecule has 0 saturated carbocycles. The van der Waals surface area contributed by atoms with E-state index in [2.05, 4.69) is 20.9 Å². The van der Waals surface area contributed by atoms with E-state index in [1.807, 2.05) is 0 Å². The van der Waals surface area contributed by atoms with Crippen LogP contribution < -0.4 is 0 Å². The van der Waals surface area contributed by atoms with Gasteiger partial charge in [0.05, 0.1) is 6.61 Å². The quantitative estimate of drug-likeness (QED) is 0.485. The summed E-state index contributed by atoms with van der Waals surface area (Å²) >= 11 is 8.83. The summed E-state index contributed by atoms with van der Waals surface area (Å²) in [6, 6.07) is 3.36. The van der Waals surface area contributed by atoms with Crippen LogP contribution in [0.1, 0.15) is 17.3 Å². The number of esters is 1. The van der Waals surface area contributed by atoms with E-state index in [4.69, 9.17) is 16.3 Å². The van der Waals surface area contributed by atoms with Crippen LogP contribution >= 0.6 is 27.5 Å². The highest BCUT2D eigenvalue weighted by molar-refractivity contribution is 9.09. The van der Waals surface area contributed by atoms with Gasteiger partial charge < -0.3 is 4.74 Å². The number of halogens is 2. The number of ether oxygens (including phenoxy) is 1. The number of hydrogen-bond donors (Lipinski definition) is 0. The second-order valence-electron chi connectivity index (χ2n) is 2.53. The fourth-order valence-electron chi connectivity index (χ4n) is 0.889. The Hall–Kier alpha value is -0.610. The van der Waals surface area contributed by atoms with Crippen molar-refractivity contribution < 1.29 is 9.53 Å². The van der Waals surface area contributed by atoms with Crippen molar-refractivity contribution in [2.45, 2.75) is 11.8 Å². The Balaban J connectivity index is 2.73. The van der Waals surface area contributed by atoms with Gasteiger partial charge in [-0.1, -0.05) is 33.6 Å². The smallest absolute Gasteiger partial charge is 0.324 e. The fraction of sp³-hybridized carbons (Fsp3) is 0.333. The van der Waals surface area contributed by atoms with Crippen molar-refractivity contribution in [1.29, 1.82) is 0 Å². The lowest BCUT2D eigenvalue weighted by Crippen LogP contribution is -2.10. The maximum absolute atomic E-state index is 11.3. The highest BCUT2D eigenvalue weighted by Crippen LogP contribution is 2.24. The third-order valence-electron chi connectivity index (χ3n) is 1.54. The molecule has 1 atom stereocenters. The number of nitrogens with zero attached hydrogens (tertiary/aromatic N) is 1. The van der Waals surface area contributed by atoms with Gasteiger partial charge >= 0.3 is 5.97 Å². The lowest BCUT2D eigenvalue weighted by molar-refractivity contribution is -0.142. The van der Waals surface area contributed by atoms with Gasteiger partial charge in [-0.05, 0) is 18.6 Å². The van der Waals surface area contributed by atoms with Gasteiger partial charge in [0.1, 0.15) is 9.98 Å². The molecule has 3 nitrogen and oxygen atoms in total. The molecule has 0 aliphatic carbocycles. The number of rotatable bonds is 3. The number of hydrogen-bond acceptors (Lipinski definition) is 3. The molecule has 0 bridgehead atoms. The summed E-state index contributed by atoms with van der Waals surface area (Å²) in [5, 5.41) is 0.400. The van der Waals surface area contributed by atoms with Crippen molar-refractivity contribution in [3.05, 3.63) is 29.0 Å². The van der Waals surface area contributed by atoms with Crippen LogP contribution in [0.2, 0.25) is 5.15 Å². The zero-order chi connectivity index (χ0) is 10.6. The van der Waals surface area contributed by atoms with Crippen molar-refractivity contribution in [2.75, 3.05) is 6.61 Å². The van der Waals surface area contributed by atoms with Gasteiger partial charge in [-0.15, -0.1) is 0 Å². The molecule has 1 heterocycles. The Morgan fingerprint density at radius 3 is 2.93 bits per heavy atom. The Morgan fingerprint density at radius 1 is 1.71 bits per heavy atom. The van der Waals surface area contributed by atoms with Crippen molar-refractivity contribution in [1.82, 2.24) is 4.98 Å². The highest BCUT2D eigenvalue weighted by Gasteiger charge is 2.18. The van der Waals surface area contributed by atoms with Crippen molar-refractivity contribution >= 4 is 33.5 Å². The Labute approximate surface area is 95.6 Å². The molecule has 0 amide bonds. The van der Waals surface area contributed by atoms with Crippen molar-refractivity contribution in [2.24, 2.45) is 0 Å². The molecule has 5 heteroatoms. The molecule has 0 radical (unpaired) electrons. The molecule has 0 aliphatic heterocycles. The van der Waals surface area contributed by atoms with Gasteiger partial charge in [0, 0.05) is 6.20 Å². The van der Waals surface area contributed by atoms with E-state index in [1.54, 1.807) is 25.3 Å². The Kier molecular flexibility index (Phi) is 4.35. The third kappa shape index (κ3) is 2.96. The normalized spacial score (nSPS) is 12.2. The number of pyridine rings is 1. The van der Waals surface area contributed by atoms with Gasteiger partial charge in [0.2, 0.25) is 0 Å². The lowest BCUT2D eigenvalue weighted by atomic mass is 10.2. The van der Waals surface area contributed by atoms with Crippen molar-refractivity contribution in [3.63, 3.8) is 0 Å². The molecule has 14 heavy (non-hydrogen) atoms. The van der Waals surface area contributed by atoms with E-state index >= 15 is 0 Å². The van der Waals surface area contributed by atoms with Crippen LogP contribution in [-0.4, -0.2) is 17.6 Å². The highest BCUT2D eigenvalue weighted by atomic mass is 79.9. The van der Waals surface area contributed by atoms with Gasteiger partial charge in [0.15, 0.2) is 0 Å². The van der Waals surface area contributed by atoms with Crippen LogP contribution in [0.5, 0.6) is 0 Å². The molecule has 1 aromatic rings. The van der Waals surface area contributed by atoms with Crippen LogP contribution in [0.25, 0.3) is 0 Å². The zero-order valence-corrected chi connectivity index (χ0v) is 9.88. The molecule has 0 aliphatic rings. The molecular formula is C9H9BrClNO2. The summed E-state index contributed by atoms with van der Waals surface area (Å²) in [4.78, 5) is 14.7. The third-order valence-corrected chi connectivity index (χ3v) is 2.66. The Bertz CT molecular complexity index is 315. The van der Waals surface area contributed by atoms with E-state index in [-0.39, 0.29) is 5.97 Å². The maximum Gasteiger partial charge on any atom is 0.324 e. The molecule has 0 spiro atoms. The van der Waals surface area contributed by atoms with Crippen LogP contribution in [0.15, 0.2) is 18.3 Å². The average Bonchev–Trinajstić information content (AvgIpc) is 2.18. The second-order valence-corrected chi connectivity index (χ2v) is 3.83. The SMILES string of the molecule is CCOC(=O)C(Br)c1ccc(Cl)nc1. The summed E-state index contributed by atoms with van der Waals surface area (Å²) in [5.74, 6) is -0.323. The molecule has 1 rings (SSSR count). The van der Waals surface area contributed by atoms with Crippen LogP contribution in [0.3, 0.4) is 0 Å². The molecule has 76 valence electrons.